The lowest BCUT2D eigenvalue weighted by molar-refractivity contribution is 0.0595. The van der Waals surface area contributed by atoms with Gasteiger partial charge in [0, 0.05) is 31.1 Å². The molecule has 3 heterocycles. The van der Waals surface area contributed by atoms with Crippen LogP contribution in [-0.4, -0.2) is 32.2 Å². The Labute approximate surface area is 179 Å². The highest BCUT2D eigenvalue weighted by Gasteiger charge is 2.21. The smallest absolute Gasteiger partial charge is 0.340 e. The number of allylic oxidation sites excluding steroid dienone is 1. The number of nitrogens with two attached hydrogens (primary N) is 1. The van der Waals surface area contributed by atoms with E-state index in [4.69, 9.17) is 15.7 Å². The third-order valence-electron chi connectivity index (χ3n) is 5.39. The molecule has 0 aliphatic heterocycles. The molecular formula is C23H24FN5O2. The Morgan fingerprint density at radius 2 is 2.10 bits per heavy atom. The van der Waals surface area contributed by atoms with Gasteiger partial charge in [-0.2, -0.15) is 0 Å². The van der Waals surface area contributed by atoms with Crippen LogP contribution in [0.4, 0.5) is 4.39 Å². The number of pyridine rings is 1. The van der Waals surface area contributed by atoms with E-state index < -0.39 is 11.8 Å². The van der Waals surface area contributed by atoms with Crippen LogP contribution in [0, 0.1) is 5.82 Å². The van der Waals surface area contributed by atoms with Crippen LogP contribution in [0.5, 0.6) is 0 Å². The number of benzene rings is 1. The summed E-state index contributed by atoms with van der Waals surface area (Å²) in [5, 5.41) is 0.956. The molecule has 7 nitrogen and oxygen atoms in total. The molecule has 1 atom stereocenters. The van der Waals surface area contributed by atoms with Crippen molar-refractivity contribution in [2.75, 3.05) is 7.11 Å². The number of hydrogen-bond acceptors (Lipinski definition) is 5. The van der Waals surface area contributed by atoms with E-state index in [1.54, 1.807) is 0 Å². The van der Waals surface area contributed by atoms with Crippen molar-refractivity contribution in [1.29, 1.82) is 0 Å². The van der Waals surface area contributed by atoms with Crippen LogP contribution in [-0.2, 0) is 18.3 Å². The minimum absolute atomic E-state index is 0.143. The third-order valence-corrected chi connectivity index (χ3v) is 5.39. The van der Waals surface area contributed by atoms with Crippen LogP contribution >= 0.6 is 0 Å². The maximum Gasteiger partial charge on any atom is 0.340 e. The first-order chi connectivity index (χ1) is 14.8. The molecule has 0 spiro atoms. The lowest BCUT2D eigenvalue weighted by Gasteiger charge is -2.10. The van der Waals surface area contributed by atoms with E-state index >= 15 is 0 Å². The Morgan fingerprint density at radius 1 is 1.32 bits per heavy atom. The van der Waals surface area contributed by atoms with Gasteiger partial charge in [0.2, 0.25) is 0 Å². The molecule has 4 rings (SSSR count). The fourth-order valence-electron chi connectivity index (χ4n) is 3.74. The van der Waals surface area contributed by atoms with Gasteiger partial charge < -0.3 is 19.6 Å². The first kappa shape index (κ1) is 20.7. The number of ether oxygens (including phenoxy) is 1. The fraction of sp³-hybridized carbons (Fsp3) is 0.261. The number of carbonyl (C=O) groups excluding carboxylic acids is 1. The maximum absolute atomic E-state index is 14.5. The molecule has 0 saturated heterocycles. The highest BCUT2D eigenvalue weighted by Crippen LogP contribution is 2.31. The highest BCUT2D eigenvalue weighted by molar-refractivity contribution is 5.95. The summed E-state index contributed by atoms with van der Waals surface area (Å²) in [7, 11) is 3.04. The predicted molar refractivity (Wildman–Crippen MR) is 118 cm³/mol. The SMILES string of the molecule is C=CCCn1c(-c2nc3cc(C(=O)OC)c(F)cc3n2C)cc2ccc(C(C)N)nc21. The summed E-state index contributed by atoms with van der Waals surface area (Å²) in [5.74, 6) is -0.746. The Hall–Kier alpha value is -3.52. The van der Waals surface area contributed by atoms with Crippen LogP contribution in [0.1, 0.15) is 35.4 Å². The van der Waals surface area contributed by atoms with Crippen molar-refractivity contribution in [1.82, 2.24) is 19.1 Å². The zero-order chi connectivity index (χ0) is 22.3. The van der Waals surface area contributed by atoms with Crippen molar-refractivity contribution in [2.45, 2.75) is 25.9 Å². The van der Waals surface area contributed by atoms with E-state index in [1.807, 2.05) is 42.8 Å². The van der Waals surface area contributed by atoms with E-state index in [0.29, 0.717) is 23.4 Å². The Balaban J connectivity index is 1.95. The molecule has 1 unspecified atom stereocenters. The van der Waals surface area contributed by atoms with Crippen molar-refractivity contribution in [3.8, 4) is 11.5 Å². The normalized spacial score (nSPS) is 12.4. The summed E-state index contributed by atoms with van der Waals surface area (Å²) in [6.45, 7) is 6.37. The number of hydrogen-bond donors (Lipinski definition) is 1. The number of imidazole rings is 1. The van der Waals surface area contributed by atoms with E-state index in [9.17, 15) is 9.18 Å². The van der Waals surface area contributed by atoms with E-state index in [-0.39, 0.29) is 11.6 Å². The van der Waals surface area contributed by atoms with Crippen LogP contribution in [0.3, 0.4) is 0 Å². The Morgan fingerprint density at radius 3 is 2.77 bits per heavy atom. The summed E-state index contributed by atoms with van der Waals surface area (Å²) >= 11 is 0. The topological polar surface area (TPSA) is 88.0 Å². The van der Waals surface area contributed by atoms with Gasteiger partial charge in [0.05, 0.1) is 35.1 Å². The molecule has 0 amide bonds. The first-order valence-corrected chi connectivity index (χ1v) is 9.97. The highest BCUT2D eigenvalue weighted by atomic mass is 19.1. The van der Waals surface area contributed by atoms with Gasteiger partial charge in [-0.1, -0.05) is 6.08 Å². The standard InChI is InChI=1S/C23H24FN5O2/c1-5-6-9-29-20(10-14-7-8-17(13(2)25)26-21(14)29)22-27-18-11-15(23(30)31-4)16(24)12-19(18)28(22)3/h5,7-8,10-13H,1,6,9,25H2,2-4H3. The minimum atomic E-state index is -0.737. The molecule has 0 saturated carbocycles. The van der Waals surface area contributed by atoms with Crippen molar-refractivity contribution in [3.05, 3.63) is 60.1 Å². The lowest BCUT2D eigenvalue weighted by atomic mass is 10.2. The van der Waals surface area contributed by atoms with Crippen molar-refractivity contribution in [3.63, 3.8) is 0 Å². The van der Waals surface area contributed by atoms with Gasteiger partial charge in [-0.3, -0.25) is 0 Å². The lowest BCUT2D eigenvalue weighted by Crippen LogP contribution is -2.09. The maximum atomic E-state index is 14.5. The number of carbonyl (C=O) groups is 1. The second-order valence-electron chi connectivity index (χ2n) is 7.50. The Bertz CT molecular complexity index is 1320. The Kier molecular flexibility index (Phi) is 5.32. The third kappa shape index (κ3) is 3.48. The molecule has 0 fully saturated rings. The second kappa shape index (κ2) is 7.96. The second-order valence-corrected chi connectivity index (χ2v) is 7.50. The summed E-state index contributed by atoms with van der Waals surface area (Å²) < 4.78 is 23.1. The van der Waals surface area contributed by atoms with Gasteiger partial charge >= 0.3 is 5.97 Å². The number of nitrogens with zero attached hydrogens (tertiary/aromatic N) is 4. The molecule has 31 heavy (non-hydrogen) atoms. The van der Waals surface area contributed by atoms with E-state index in [1.165, 1.54) is 19.2 Å². The van der Waals surface area contributed by atoms with E-state index in [0.717, 1.165) is 28.8 Å². The van der Waals surface area contributed by atoms with Gasteiger partial charge in [0.15, 0.2) is 5.82 Å². The van der Waals surface area contributed by atoms with Crippen LogP contribution in [0.2, 0.25) is 0 Å². The average Bonchev–Trinajstić information content (AvgIpc) is 3.27. The number of aromatic nitrogens is 4. The van der Waals surface area contributed by atoms with Gasteiger partial charge in [0.25, 0.3) is 0 Å². The fourth-order valence-corrected chi connectivity index (χ4v) is 3.74. The molecule has 3 aromatic heterocycles. The molecule has 0 aliphatic rings. The predicted octanol–water partition coefficient (Wildman–Crippen LogP) is 4.11. The summed E-state index contributed by atoms with van der Waals surface area (Å²) in [5.41, 5.74) is 9.41. The molecule has 1 aromatic carbocycles. The summed E-state index contributed by atoms with van der Waals surface area (Å²) in [4.78, 5) is 21.4. The van der Waals surface area contributed by atoms with Crippen LogP contribution in [0.15, 0.2) is 43.0 Å². The molecule has 0 bridgehead atoms. The van der Waals surface area contributed by atoms with Crippen LogP contribution < -0.4 is 5.73 Å². The zero-order valence-electron chi connectivity index (χ0n) is 17.7. The number of rotatable bonds is 6. The molecule has 0 aliphatic carbocycles. The summed E-state index contributed by atoms with van der Waals surface area (Å²) in [6, 6.07) is 8.46. The van der Waals surface area contributed by atoms with Gasteiger partial charge in [-0.15, -0.1) is 6.58 Å². The number of esters is 1. The number of fused-ring (bicyclic) bond motifs is 2. The average molecular weight is 421 g/mol. The van der Waals surface area contributed by atoms with Crippen LogP contribution in [0.25, 0.3) is 33.6 Å². The van der Waals surface area contributed by atoms with Gasteiger partial charge in [-0.25, -0.2) is 19.2 Å². The van der Waals surface area contributed by atoms with Crippen molar-refractivity contribution < 1.29 is 13.9 Å². The molecular weight excluding hydrogens is 397 g/mol. The number of methoxy groups -OCH3 is 1. The molecule has 160 valence electrons. The quantitative estimate of drug-likeness (QED) is 0.374. The molecule has 8 heteroatoms. The largest absolute Gasteiger partial charge is 0.465 e. The summed E-state index contributed by atoms with van der Waals surface area (Å²) in [6.07, 6.45) is 2.59. The number of aryl methyl sites for hydroxylation is 2. The zero-order valence-corrected chi connectivity index (χ0v) is 17.7. The molecule has 2 N–H and O–H groups in total. The van der Waals surface area contributed by atoms with Crippen molar-refractivity contribution in [2.24, 2.45) is 12.8 Å². The first-order valence-electron chi connectivity index (χ1n) is 9.97. The van der Waals surface area contributed by atoms with E-state index in [2.05, 4.69) is 15.9 Å². The van der Waals surface area contributed by atoms with Gasteiger partial charge in [0.1, 0.15) is 11.5 Å². The van der Waals surface area contributed by atoms with Gasteiger partial charge in [-0.05, 0) is 37.6 Å². The minimum Gasteiger partial charge on any atom is -0.465 e. The van der Waals surface area contributed by atoms with Crippen molar-refractivity contribution >= 4 is 28.0 Å². The molecule has 4 aromatic rings. The monoisotopic (exact) mass is 421 g/mol. The molecule has 0 radical (unpaired) electrons. The number of halogens is 1.